The molecule has 0 aliphatic rings. The number of hydrogen-bond donors (Lipinski definition) is 1. The summed E-state index contributed by atoms with van der Waals surface area (Å²) < 4.78 is 3.06. The van der Waals surface area contributed by atoms with Gasteiger partial charge in [0.15, 0.2) is 0 Å². The highest BCUT2D eigenvalue weighted by Crippen LogP contribution is 2.35. The molecule has 6 heteroatoms. The van der Waals surface area contributed by atoms with Gasteiger partial charge in [-0.1, -0.05) is 0 Å². The molecular formula is C10H11BrIN2OP. The molecule has 0 amide bonds. The second kappa shape index (κ2) is 5.29. The van der Waals surface area contributed by atoms with Crippen LogP contribution in [0.4, 0.5) is 0 Å². The van der Waals surface area contributed by atoms with E-state index in [4.69, 9.17) is 5.11 Å². The summed E-state index contributed by atoms with van der Waals surface area (Å²) in [6.45, 7) is 2.25. The molecule has 1 aromatic carbocycles. The van der Waals surface area contributed by atoms with Crippen molar-refractivity contribution in [2.45, 2.75) is 13.3 Å². The van der Waals surface area contributed by atoms with Gasteiger partial charge in [-0.2, -0.15) is 5.10 Å². The molecule has 1 atom stereocenters. The monoisotopic (exact) mass is 412 g/mol. The van der Waals surface area contributed by atoms with Crippen LogP contribution in [-0.2, 0) is 6.42 Å². The molecule has 0 aliphatic heterocycles. The second-order valence-corrected chi connectivity index (χ2v) is 6.37. The lowest BCUT2D eigenvalue weighted by Gasteiger charge is -2.09. The molecule has 0 fully saturated rings. The Morgan fingerprint density at radius 2 is 2.38 bits per heavy atom. The Morgan fingerprint density at radius 3 is 3.00 bits per heavy atom. The van der Waals surface area contributed by atoms with E-state index in [0.717, 1.165) is 15.4 Å². The van der Waals surface area contributed by atoms with Crippen molar-refractivity contribution in [3.63, 3.8) is 0 Å². The largest absolute Gasteiger partial charge is 0.396 e. The third-order valence-electron chi connectivity index (χ3n) is 2.58. The first-order valence-corrected chi connectivity index (χ1v) is 9.67. The lowest BCUT2D eigenvalue weighted by atomic mass is 10.0. The number of nitrogens with zero attached hydrogens (tertiary/aromatic N) is 2. The highest BCUT2D eigenvalue weighted by atomic mass is 127. The molecule has 0 aliphatic carbocycles. The number of fused-ring (bicyclic) bond motifs is 1. The quantitative estimate of drug-likeness (QED) is 0.619. The maximum atomic E-state index is 9.05. The van der Waals surface area contributed by atoms with Crippen molar-refractivity contribution >= 4 is 55.2 Å². The number of aliphatic hydroxyl groups excluding tert-OH is 1. The van der Waals surface area contributed by atoms with Crippen molar-refractivity contribution in [1.82, 2.24) is 9.55 Å². The zero-order valence-electron chi connectivity index (χ0n) is 8.67. The van der Waals surface area contributed by atoms with Gasteiger partial charge in [-0.25, -0.2) is 4.45 Å². The van der Waals surface area contributed by atoms with E-state index < -0.39 is 0 Å². The number of benzene rings is 1. The van der Waals surface area contributed by atoms with Crippen molar-refractivity contribution in [2.24, 2.45) is 0 Å². The minimum Gasteiger partial charge on any atom is -0.396 e. The average Bonchev–Trinajstić information content (AvgIpc) is 2.67. The van der Waals surface area contributed by atoms with Crippen molar-refractivity contribution in [3.8, 4) is 0 Å². The fourth-order valence-corrected chi connectivity index (χ4v) is 4.13. The molecule has 0 saturated carbocycles. The van der Waals surface area contributed by atoms with Gasteiger partial charge < -0.3 is 5.11 Å². The summed E-state index contributed by atoms with van der Waals surface area (Å²) in [4.78, 5) is 0. The molecule has 0 radical (unpaired) electrons. The zero-order valence-corrected chi connectivity index (χ0v) is 13.4. The molecule has 2 rings (SSSR count). The van der Waals surface area contributed by atoms with Crippen LogP contribution in [0.1, 0.15) is 11.1 Å². The Kier molecular flexibility index (Phi) is 4.21. The Balaban J connectivity index is 2.69. The van der Waals surface area contributed by atoms with Gasteiger partial charge in [-0.15, -0.1) is 0 Å². The fourth-order valence-electron chi connectivity index (χ4n) is 1.78. The summed E-state index contributed by atoms with van der Waals surface area (Å²) in [6.07, 6.45) is 3.17. The third kappa shape index (κ3) is 2.15. The SMILES string of the molecule is Cc1cc2c(cnn2PI)c(Br)c1CCO. The number of halogens is 2. The third-order valence-corrected chi connectivity index (χ3v) is 5.37. The van der Waals surface area contributed by atoms with Gasteiger partial charge in [-0.3, -0.25) is 0 Å². The van der Waals surface area contributed by atoms with Gasteiger partial charge >= 0.3 is 0 Å². The van der Waals surface area contributed by atoms with Crippen LogP contribution in [0.15, 0.2) is 16.7 Å². The first-order chi connectivity index (χ1) is 7.69. The molecule has 0 spiro atoms. The Bertz CT molecular complexity index is 529. The zero-order chi connectivity index (χ0) is 11.7. The van der Waals surface area contributed by atoms with E-state index in [0.29, 0.717) is 12.8 Å². The number of aryl methyl sites for hydroxylation is 1. The summed E-state index contributed by atoms with van der Waals surface area (Å²) in [5.74, 6) is 0. The smallest absolute Gasteiger partial charge is 0.0743 e. The van der Waals surface area contributed by atoms with Gasteiger partial charge in [0.25, 0.3) is 0 Å². The van der Waals surface area contributed by atoms with Crippen molar-refractivity contribution in [2.75, 3.05) is 6.61 Å². The predicted molar refractivity (Wildman–Crippen MR) is 80.7 cm³/mol. The maximum absolute atomic E-state index is 9.05. The van der Waals surface area contributed by atoms with E-state index in [2.05, 4.69) is 56.1 Å². The highest BCUT2D eigenvalue weighted by Gasteiger charge is 2.12. The van der Waals surface area contributed by atoms with Crippen LogP contribution in [0.2, 0.25) is 0 Å². The molecule has 16 heavy (non-hydrogen) atoms. The molecule has 1 unspecified atom stereocenters. The molecule has 0 saturated heterocycles. The second-order valence-electron chi connectivity index (χ2n) is 3.53. The summed E-state index contributed by atoms with van der Waals surface area (Å²) >= 11 is 5.93. The van der Waals surface area contributed by atoms with Gasteiger partial charge in [0.1, 0.15) is 0 Å². The number of aliphatic hydroxyl groups is 1. The van der Waals surface area contributed by atoms with Gasteiger partial charge in [0.2, 0.25) is 0 Å². The van der Waals surface area contributed by atoms with Crippen LogP contribution in [0, 0.1) is 6.92 Å². The first-order valence-electron chi connectivity index (χ1n) is 4.82. The van der Waals surface area contributed by atoms with Crippen molar-refractivity contribution < 1.29 is 5.11 Å². The Morgan fingerprint density at radius 1 is 1.62 bits per heavy atom. The summed E-state index contributed by atoms with van der Waals surface area (Å²) in [6, 6.07) is 2.14. The van der Waals surface area contributed by atoms with Gasteiger partial charge in [0.05, 0.1) is 18.1 Å². The van der Waals surface area contributed by atoms with Crippen LogP contribution < -0.4 is 0 Å². The standard InChI is InChI=1S/C10H11BrIN2OP/c1-6-4-9-8(5-13-14(9)16-12)10(11)7(6)2-3-15/h4-5,15-16H,2-3H2,1H3. The molecule has 1 heterocycles. The number of hydrogen-bond acceptors (Lipinski definition) is 2. The molecule has 1 aromatic heterocycles. The maximum Gasteiger partial charge on any atom is 0.0743 e. The van der Waals surface area contributed by atoms with Crippen LogP contribution in [-0.4, -0.2) is 21.3 Å². The van der Waals surface area contributed by atoms with Crippen LogP contribution in [0.3, 0.4) is 0 Å². The fraction of sp³-hybridized carbons (Fsp3) is 0.300. The summed E-state index contributed by atoms with van der Waals surface area (Å²) in [7, 11) is 0. The van der Waals surface area contributed by atoms with Crippen LogP contribution in [0.25, 0.3) is 10.9 Å². The van der Waals surface area contributed by atoms with Crippen LogP contribution >= 0.6 is 44.3 Å². The van der Waals surface area contributed by atoms with E-state index in [1.54, 1.807) is 0 Å². The number of aromatic nitrogens is 2. The molecule has 0 bridgehead atoms. The summed E-state index contributed by atoms with van der Waals surface area (Å²) in [5, 5.41) is 14.5. The van der Waals surface area contributed by atoms with E-state index in [-0.39, 0.29) is 6.61 Å². The lowest BCUT2D eigenvalue weighted by Crippen LogP contribution is -1.96. The minimum atomic E-state index is 0.174. The lowest BCUT2D eigenvalue weighted by molar-refractivity contribution is 0.299. The van der Waals surface area contributed by atoms with Crippen LogP contribution in [0.5, 0.6) is 0 Å². The first kappa shape index (κ1) is 12.7. The number of rotatable bonds is 3. The van der Waals surface area contributed by atoms with E-state index in [1.165, 1.54) is 11.1 Å². The topological polar surface area (TPSA) is 38.0 Å². The summed E-state index contributed by atoms with van der Waals surface area (Å²) in [5.41, 5.74) is 3.52. The molecule has 2 aromatic rings. The van der Waals surface area contributed by atoms with E-state index >= 15 is 0 Å². The van der Waals surface area contributed by atoms with E-state index in [1.807, 2.05) is 10.6 Å². The van der Waals surface area contributed by atoms with Crippen molar-refractivity contribution in [3.05, 3.63) is 27.9 Å². The van der Waals surface area contributed by atoms with Gasteiger partial charge in [0, 0.05) is 16.5 Å². The molecular weight excluding hydrogens is 402 g/mol. The normalized spacial score (nSPS) is 12.0. The average molecular weight is 413 g/mol. The van der Waals surface area contributed by atoms with Gasteiger partial charge in [-0.05, 0) is 68.5 Å². The minimum absolute atomic E-state index is 0.174. The Hall–Kier alpha value is 0.290. The molecule has 86 valence electrons. The van der Waals surface area contributed by atoms with Crippen molar-refractivity contribution in [1.29, 1.82) is 0 Å². The molecule has 3 nitrogen and oxygen atoms in total. The van der Waals surface area contributed by atoms with E-state index in [9.17, 15) is 0 Å². The Labute approximate surface area is 117 Å². The molecule has 1 N–H and O–H groups in total. The highest BCUT2D eigenvalue weighted by molar-refractivity contribution is 14.2. The predicted octanol–water partition coefficient (Wildman–Crippen LogP) is 3.43.